The van der Waals surface area contributed by atoms with E-state index in [9.17, 15) is 4.79 Å². The number of aromatic nitrogens is 2. The van der Waals surface area contributed by atoms with Gasteiger partial charge in [0.15, 0.2) is 0 Å². The summed E-state index contributed by atoms with van der Waals surface area (Å²) in [5.41, 5.74) is 1.36. The fourth-order valence-corrected chi connectivity index (χ4v) is 1.55. The molecule has 1 N–H and O–H groups in total. The van der Waals surface area contributed by atoms with Crippen molar-refractivity contribution >= 4 is 5.97 Å². The summed E-state index contributed by atoms with van der Waals surface area (Å²) in [5, 5.41) is 6.93. The molecule has 1 saturated carbocycles. The maximum Gasteiger partial charge on any atom is 0.317 e. The van der Waals surface area contributed by atoms with E-state index in [0.717, 1.165) is 24.2 Å². The second kappa shape index (κ2) is 2.58. The van der Waals surface area contributed by atoms with Gasteiger partial charge in [-0.15, -0.1) is 0 Å². The van der Waals surface area contributed by atoms with E-state index < -0.39 is 5.41 Å². The third-order valence-corrected chi connectivity index (χ3v) is 2.52. The van der Waals surface area contributed by atoms with Crippen LogP contribution in [0.25, 0.3) is 0 Å². The number of methoxy groups -OCH3 is 1. The molecule has 1 aromatic heterocycles. The number of hydrogen-bond donors (Lipinski definition) is 1. The van der Waals surface area contributed by atoms with Crippen LogP contribution in [-0.4, -0.2) is 23.3 Å². The summed E-state index contributed by atoms with van der Waals surface area (Å²) in [7, 11) is 1.42. The molecular formula is C9H12N2O2. The summed E-state index contributed by atoms with van der Waals surface area (Å²) in [4.78, 5) is 11.4. The number of carbonyl (C=O) groups is 1. The van der Waals surface area contributed by atoms with E-state index in [1.807, 2.05) is 13.0 Å². The molecule has 1 aliphatic rings. The molecule has 13 heavy (non-hydrogen) atoms. The lowest BCUT2D eigenvalue weighted by Gasteiger charge is -2.07. The third-order valence-electron chi connectivity index (χ3n) is 2.52. The molecule has 0 aliphatic heterocycles. The van der Waals surface area contributed by atoms with Crippen LogP contribution in [0.4, 0.5) is 0 Å². The zero-order valence-corrected chi connectivity index (χ0v) is 7.76. The number of rotatable bonds is 2. The van der Waals surface area contributed by atoms with Gasteiger partial charge >= 0.3 is 5.97 Å². The molecule has 1 heterocycles. The molecule has 0 radical (unpaired) electrons. The predicted molar refractivity (Wildman–Crippen MR) is 46.3 cm³/mol. The molecule has 0 unspecified atom stereocenters. The first-order chi connectivity index (χ1) is 6.19. The van der Waals surface area contributed by atoms with Crippen LogP contribution in [0, 0.1) is 6.92 Å². The Kier molecular flexibility index (Phi) is 1.65. The maximum absolute atomic E-state index is 11.4. The summed E-state index contributed by atoms with van der Waals surface area (Å²) in [6, 6.07) is 1.91. The molecular weight excluding hydrogens is 168 g/mol. The molecule has 1 fully saturated rings. The average molecular weight is 180 g/mol. The van der Waals surface area contributed by atoms with E-state index in [0.29, 0.717) is 0 Å². The van der Waals surface area contributed by atoms with Gasteiger partial charge in [0.1, 0.15) is 5.41 Å². The summed E-state index contributed by atoms with van der Waals surface area (Å²) in [6.07, 6.45) is 1.70. The maximum atomic E-state index is 11.4. The van der Waals surface area contributed by atoms with Gasteiger partial charge in [-0.05, 0) is 25.8 Å². The van der Waals surface area contributed by atoms with Crippen molar-refractivity contribution in [3.63, 3.8) is 0 Å². The van der Waals surface area contributed by atoms with Gasteiger partial charge in [0.05, 0.1) is 12.8 Å². The Morgan fingerprint density at radius 2 is 2.38 bits per heavy atom. The summed E-state index contributed by atoms with van der Waals surface area (Å²) in [5.74, 6) is -0.168. The zero-order valence-electron chi connectivity index (χ0n) is 7.76. The van der Waals surface area contributed by atoms with Crippen molar-refractivity contribution in [2.24, 2.45) is 0 Å². The van der Waals surface area contributed by atoms with Crippen molar-refractivity contribution in [1.29, 1.82) is 0 Å². The molecule has 2 rings (SSSR count). The number of H-pyrrole nitrogens is 1. The number of aryl methyl sites for hydroxylation is 1. The lowest BCUT2D eigenvalue weighted by atomic mass is 10.0. The number of esters is 1. The fourth-order valence-electron chi connectivity index (χ4n) is 1.55. The van der Waals surface area contributed by atoms with Crippen molar-refractivity contribution < 1.29 is 9.53 Å². The van der Waals surface area contributed by atoms with Crippen molar-refractivity contribution in [3.05, 3.63) is 17.5 Å². The minimum atomic E-state index is -0.431. The van der Waals surface area contributed by atoms with Gasteiger partial charge in [-0.25, -0.2) is 0 Å². The highest BCUT2D eigenvalue weighted by Crippen LogP contribution is 2.48. The van der Waals surface area contributed by atoms with Crippen LogP contribution >= 0.6 is 0 Å². The first-order valence-corrected chi connectivity index (χ1v) is 4.30. The fraction of sp³-hybridized carbons (Fsp3) is 0.556. The second-order valence-corrected chi connectivity index (χ2v) is 3.51. The number of aromatic amines is 1. The Morgan fingerprint density at radius 3 is 2.77 bits per heavy atom. The van der Waals surface area contributed by atoms with Crippen LogP contribution in [-0.2, 0) is 14.9 Å². The predicted octanol–water partition coefficient (Wildman–Crippen LogP) is 0.923. The van der Waals surface area contributed by atoms with Crippen LogP contribution in [0.2, 0.25) is 0 Å². The van der Waals surface area contributed by atoms with Crippen LogP contribution in [0.5, 0.6) is 0 Å². The smallest absolute Gasteiger partial charge is 0.317 e. The zero-order chi connectivity index (χ0) is 9.47. The first kappa shape index (κ1) is 8.29. The lowest BCUT2D eigenvalue weighted by molar-refractivity contribution is -0.143. The number of hydrogen-bond acceptors (Lipinski definition) is 3. The average Bonchev–Trinajstić information content (AvgIpc) is 2.83. The molecule has 1 aromatic rings. The highest BCUT2D eigenvalue weighted by Gasteiger charge is 2.54. The highest BCUT2D eigenvalue weighted by atomic mass is 16.5. The molecule has 0 aromatic carbocycles. The molecule has 0 atom stereocenters. The standard InChI is InChI=1S/C9H12N2O2/c1-6-5-7(11-10-6)9(3-4-9)8(12)13-2/h5H,3-4H2,1-2H3,(H,10,11). The summed E-state index contributed by atoms with van der Waals surface area (Å²) >= 11 is 0. The highest BCUT2D eigenvalue weighted by molar-refractivity contribution is 5.85. The van der Waals surface area contributed by atoms with Gasteiger partial charge in [0.2, 0.25) is 0 Å². The molecule has 70 valence electrons. The van der Waals surface area contributed by atoms with Crippen LogP contribution in [0.1, 0.15) is 24.2 Å². The minimum Gasteiger partial charge on any atom is -0.468 e. The molecule has 4 heteroatoms. The van der Waals surface area contributed by atoms with Crippen molar-refractivity contribution in [3.8, 4) is 0 Å². The topological polar surface area (TPSA) is 55.0 Å². The number of carbonyl (C=O) groups excluding carboxylic acids is 1. The van der Waals surface area contributed by atoms with E-state index in [-0.39, 0.29) is 5.97 Å². The van der Waals surface area contributed by atoms with Gasteiger partial charge < -0.3 is 4.74 Å². The van der Waals surface area contributed by atoms with Crippen molar-refractivity contribution in [2.75, 3.05) is 7.11 Å². The van der Waals surface area contributed by atoms with Gasteiger partial charge in [0, 0.05) is 5.69 Å². The molecule has 0 saturated heterocycles. The Hall–Kier alpha value is -1.32. The van der Waals surface area contributed by atoms with Crippen molar-refractivity contribution in [2.45, 2.75) is 25.2 Å². The van der Waals surface area contributed by atoms with E-state index in [1.54, 1.807) is 0 Å². The SMILES string of the molecule is COC(=O)C1(c2cc(C)[nH]n2)CC1. The normalized spacial score (nSPS) is 18.3. The Bertz CT molecular complexity index is 339. The van der Waals surface area contributed by atoms with Gasteiger partial charge in [-0.3, -0.25) is 9.89 Å². The minimum absolute atomic E-state index is 0.168. The van der Waals surface area contributed by atoms with Gasteiger partial charge in [0.25, 0.3) is 0 Å². The van der Waals surface area contributed by atoms with Crippen LogP contribution < -0.4 is 0 Å². The lowest BCUT2D eigenvalue weighted by Crippen LogP contribution is -2.22. The quantitative estimate of drug-likeness (QED) is 0.688. The van der Waals surface area contributed by atoms with E-state index in [2.05, 4.69) is 10.2 Å². The molecule has 4 nitrogen and oxygen atoms in total. The Labute approximate surface area is 76.3 Å². The monoisotopic (exact) mass is 180 g/mol. The summed E-state index contributed by atoms with van der Waals surface area (Å²) < 4.78 is 4.75. The van der Waals surface area contributed by atoms with Gasteiger partial charge in [-0.1, -0.05) is 0 Å². The molecule has 0 bridgehead atoms. The Balaban J connectivity index is 2.30. The number of ether oxygens (including phenoxy) is 1. The number of nitrogens with one attached hydrogen (secondary N) is 1. The van der Waals surface area contributed by atoms with E-state index in [1.165, 1.54) is 7.11 Å². The second-order valence-electron chi connectivity index (χ2n) is 3.51. The van der Waals surface area contributed by atoms with E-state index in [4.69, 9.17) is 4.74 Å². The van der Waals surface area contributed by atoms with Crippen LogP contribution in [0.3, 0.4) is 0 Å². The molecule has 0 spiro atoms. The van der Waals surface area contributed by atoms with Crippen LogP contribution in [0.15, 0.2) is 6.07 Å². The first-order valence-electron chi connectivity index (χ1n) is 4.30. The molecule has 0 amide bonds. The molecule has 1 aliphatic carbocycles. The third kappa shape index (κ3) is 1.13. The van der Waals surface area contributed by atoms with Crippen molar-refractivity contribution in [1.82, 2.24) is 10.2 Å². The summed E-state index contributed by atoms with van der Waals surface area (Å²) in [6.45, 7) is 1.92. The van der Waals surface area contributed by atoms with E-state index >= 15 is 0 Å². The van der Waals surface area contributed by atoms with Gasteiger partial charge in [-0.2, -0.15) is 5.10 Å². The number of nitrogens with zero attached hydrogens (tertiary/aromatic N) is 1. The Morgan fingerprint density at radius 1 is 1.69 bits per heavy atom. The largest absolute Gasteiger partial charge is 0.468 e.